The van der Waals surface area contributed by atoms with E-state index >= 15 is 0 Å². The number of hydrogen-bond acceptors (Lipinski definition) is 5. The van der Waals surface area contributed by atoms with Crippen molar-refractivity contribution >= 4 is 16.0 Å². The number of nitrogens with zero attached hydrogens (tertiary/aromatic N) is 1. The molecular weight excluding hydrogens is 316 g/mol. The SMILES string of the molecule is COC(=O)c1cc(S(=O)(=O)N2CCCCC2C(C)N)ccc1C. The maximum absolute atomic E-state index is 13.0. The number of piperidine rings is 1. The van der Waals surface area contributed by atoms with Crippen molar-refractivity contribution in [3.05, 3.63) is 29.3 Å². The first-order valence-corrected chi connectivity index (χ1v) is 9.19. The molecule has 0 radical (unpaired) electrons. The molecular formula is C16H24N2O4S. The van der Waals surface area contributed by atoms with Gasteiger partial charge in [0.05, 0.1) is 17.6 Å². The summed E-state index contributed by atoms with van der Waals surface area (Å²) >= 11 is 0. The highest BCUT2D eigenvalue weighted by atomic mass is 32.2. The van der Waals surface area contributed by atoms with Crippen LogP contribution in [0.15, 0.2) is 23.1 Å². The second-order valence-electron chi connectivity index (χ2n) is 6.01. The van der Waals surface area contributed by atoms with Crippen molar-refractivity contribution in [3.8, 4) is 0 Å². The number of carbonyl (C=O) groups excluding carboxylic acids is 1. The largest absolute Gasteiger partial charge is 0.465 e. The van der Waals surface area contributed by atoms with E-state index in [9.17, 15) is 13.2 Å². The molecule has 2 rings (SSSR count). The summed E-state index contributed by atoms with van der Waals surface area (Å²) in [5, 5.41) is 0. The molecule has 1 saturated heterocycles. The van der Waals surface area contributed by atoms with Gasteiger partial charge in [-0.3, -0.25) is 0 Å². The van der Waals surface area contributed by atoms with Crippen LogP contribution in [-0.2, 0) is 14.8 Å². The number of benzene rings is 1. The van der Waals surface area contributed by atoms with Crippen LogP contribution in [0.1, 0.15) is 42.1 Å². The fourth-order valence-corrected chi connectivity index (χ4v) is 4.78. The first kappa shape index (κ1) is 17.9. The number of aryl methyl sites for hydroxylation is 1. The van der Waals surface area contributed by atoms with Crippen molar-refractivity contribution in [1.82, 2.24) is 4.31 Å². The highest BCUT2D eigenvalue weighted by Gasteiger charge is 2.35. The smallest absolute Gasteiger partial charge is 0.338 e. The summed E-state index contributed by atoms with van der Waals surface area (Å²) in [6.07, 6.45) is 2.55. The Kier molecular flexibility index (Phi) is 5.44. The molecule has 2 unspecified atom stereocenters. The Bertz CT molecular complexity index is 685. The molecule has 1 aliphatic rings. The average molecular weight is 340 g/mol. The van der Waals surface area contributed by atoms with Gasteiger partial charge in [0.1, 0.15) is 0 Å². The fourth-order valence-electron chi connectivity index (χ4n) is 2.98. The molecule has 6 nitrogen and oxygen atoms in total. The van der Waals surface area contributed by atoms with Crippen LogP contribution in [-0.4, -0.2) is 44.4 Å². The number of methoxy groups -OCH3 is 1. The van der Waals surface area contributed by atoms with E-state index in [-0.39, 0.29) is 22.5 Å². The Morgan fingerprint density at radius 3 is 2.70 bits per heavy atom. The normalized spacial score (nSPS) is 21.0. The minimum atomic E-state index is -3.69. The van der Waals surface area contributed by atoms with Crippen LogP contribution in [0.4, 0.5) is 0 Å². The number of ether oxygens (including phenoxy) is 1. The summed E-state index contributed by atoms with van der Waals surface area (Å²) in [5.41, 5.74) is 6.92. The molecule has 2 N–H and O–H groups in total. The maximum Gasteiger partial charge on any atom is 0.338 e. The van der Waals surface area contributed by atoms with E-state index in [0.29, 0.717) is 12.1 Å². The van der Waals surface area contributed by atoms with E-state index in [1.54, 1.807) is 13.0 Å². The zero-order valence-corrected chi connectivity index (χ0v) is 14.6. The molecule has 0 aliphatic carbocycles. The Hall–Kier alpha value is -1.44. The van der Waals surface area contributed by atoms with E-state index in [0.717, 1.165) is 19.3 Å². The zero-order valence-electron chi connectivity index (χ0n) is 13.8. The standard InChI is InChI=1S/C16H24N2O4S/c1-11-7-8-13(10-14(11)16(19)22-3)23(20,21)18-9-5-4-6-15(18)12(2)17/h7-8,10,12,15H,4-6,9,17H2,1-3H3. The minimum Gasteiger partial charge on any atom is -0.465 e. The molecule has 0 saturated carbocycles. The van der Waals surface area contributed by atoms with Crippen LogP contribution < -0.4 is 5.73 Å². The van der Waals surface area contributed by atoms with Crippen LogP contribution in [0, 0.1) is 6.92 Å². The molecule has 1 heterocycles. The van der Waals surface area contributed by atoms with Gasteiger partial charge in [-0.15, -0.1) is 0 Å². The molecule has 128 valence electrons. The monoisotopic (exact) mass is 340 g/mol. The molecule has 1 aliphatic heterocycles. The second-order valence-corrected chi connectivity index (χ2v) is 7.90. The predicted octanol–water partition coefficient (Wildman–Crippen LogP) is 1.67. The lowest BCUT2D eigenvalue weighted by Crippen LogP contribution is -2.51. The minimum absolute atomic E-state index is 0.107. The van der Waals surface area contributed by atoms with Gasteiger partial charge in [0.15, 0.2) is 0 Å². The molecule has 23 heavy (non-hydrogen) atoms. The van der Waals surface area contributed by atoms with Crippen molar-refractivity contribution in [1.29, 1.82) is 0 Å². The summed E-state index contributed by atoms with van der Waals surface area (Å²) < 4.78 is 32.2. The molecule has 0 bridgehead atoms. The second kappa shape index (κ2) is 6.98. The highest BCUT2D eigenvalue weighted by molar-refractivity contribution is 7.89. The summed E-state index contributed by atoms with van der Waals surface area (Å²) in [6.45, 7) is 4.03. The summed E-state index contributed by atoms with van der Waals surface area (Å²) in [7, 11) is -2.41. The van der Waals surface area contributed by atoms with Gasteiger partial charge in [0.2, 0.25) is 10.0 Å². The molecule has 2 atom stereocenters. The van der Waals surface area contributed by atoms with Gasteiger partial charge >= 0.3 is 5.97 Å². The van der Waals surface area contributed by atoms with Gasteiger partial charge in [-0.2, -0.15) is 4.31 Å². The van der Waals surface area contributed by atoms with Crippen molar-refractivity contribution in [2.45, 2.75) is 50.1 Å². The van der Waals surface area contributed by atoms with E-state index in [1.807, 2.05) is 6.92 Å². The Balaban J connectivity index is 2.44. The van der Waals surface area contributed by atoms with Crippen LogP contribution in [0.2, 0.25) is 0 Å². The van der Waals surface area contributed by atoms with Crippen LogP contribution in [0.5, 0.6) is 0 Å². The Labute approximate surface area is 137 Å². The molecule has 0 amide bonds. The van der Waals surface area contributed by atoms with Gasteiger partial charge in [-0.1, -0.05) is 12.5 Å². The third-order valence-electron chi connectivity index (χ3n) is 4.33. The number of sulfonamides is 1. The van der Waals surface area contributed by atoms with Gasteiger partial charge in [0, 0.05) is 18.6 Å². The third kappa shape index (κ3) is 3.57. The number of rotatable bonds is 4. The van der Waals surface area contributed by atoms with Crippen LogP contribution in [0.3, 0.4) is 0 Å². The quantitative estimate of drug-likeness (QED) is 0.842. The van der Waals surface area contributed by atoms with E-state index in [4.69, 9.17) is 10.5 Å². The molecule has 1 fully saturated rings. The lowest BCUT2D eigenvalue weighted by Gasteiger charge is -2.37. The molecule has 1 aromatic rings. The van der Waals surface area contributed by atoms with Gasteiger partial charge in [-0.05, 0) is 44.4 Å². The summed E-state index contributed by atoms with van der Waals surface area (Å²) in [4.78, 5) is 11.9. The van der Waals surface area contributed by atoms with E-state index in [1.165, 1.54) is 23.5 Å². The Morgan fingerprint density at radius 2 is 2.09 bits per heavy atom. The maximum atomic E-state index is 13.0. The number of esters is 1. The van der Waals surface area contributed by atoms with Gasteiger partial charge in [0.25, 0.3) is 0 Å². The third-order valence-corrected chi connectivity index (χ3v) is 6.25. The molecule has 7 heteroatoms. The number of nitrogens with two attached hydrogens (primary N) is 1. The molecule has 1 aromatic carbocycles. The number of carbonyl (C=O) groups is 1. The lowest BCUT2D eigenvalue weighted by molar-refractivity contribution is 0.0599. The van der Waals surface area contributed by atoms with E-state index < -0.39 is 16.0 Å². The van der Waals surface area contributed by atoms with Gasteiger partial charge in [-0.25, -0.2) is 13.2 Å². The van der Waals surface area contributed by atoms with Gasteiger partial charge < -0.3 is 10.5 Å². The Morgan fingerprint density at radius 1 is 1.39 bits per heavy atom. The number of hydrogen-bond donors (Lipinski definition) is 1. The predicted molar refractivity (Wildman–Crippen MR) is 87.7 cm³/mol. The van der Waals surface area contributed by atoms with Crippen molar-refractivity contribution < 1.29 is 17.9 Å². The van der Waals surface area contributed by atoms with Crippen LogP contribution >= 0.6 is 0 Å². The zero-order chi connectivity index (χ0) is 17.2. The molecule has 0 aromatic heterocycles. The lowest BCUT2D eigenvalue weighted by atomic mass is 10.00. The first-order chi connectivity index (χ1) is 10.8. The topological polar surface area (TPSA) is 89.7 Å². The van der Waals surface area contributed by atoms with Crippen molar-refractivity contribution in [3.63, 3.8) is 0 Å². The van der Waals surface area contributed by atoms with E-state index in [2.05, 4.69) is 0 Å². The summed E-state index contributed by atoms with van der Waals surface area (Å²) in [6, 6.07) is 4.10. The highest BCUT2D eigenvalue weighted by Crippen LogP contribution is 2.28. The van der Waals surface area contributed by atoms with Crippen molar-refractivity contribution in [2.75, 3.05) is 13.7 Å². The first-order valence-electron chi connectivity index (χ1n) is 7.75. The average Bonchev–Trinajstić information content (AvgIpc) is 2.54. The van der Waals surface area contributed by atoms with Crippen molar-refractivity contribution in [2.24, 2.45) is 5.73 Å². The van der Waals surface area contributed by atoms with Crippen LogP contribution in [0.25, 0.3) is 0 Å². The fraction of sp³-hybridized carbons (Fsp3) is 0.562. The summed E-state index contributed by atoms with van der Waals surface area (Å²) in [5.74, 6) is -0.540. The molecule has 0 spiro atoms.